The van der Waals surface area contributed by atoms with Gasteiger partial charge in [-0.1, -0.05) is 0 Å². The van der Waals surface area contributed by atoms with Crippen molar-refractivity contribution in [3.63, 3.8) is 0 Å². The average molecular weight is 214 g/mol. The number of hydrogen-bond acceptors (Lipinski definition) is 4. The molecule has 2 N–H and O–H groups in total. The first-order chi connectivity index (χ1) is 6.41. The highest BCUT2D eigenvalue weighted by molar-refractivity contribution is 7.89. The van der Waals surface area contributed by atoms with E-state index in [1.54, 1.807) is 19.9 Å². The molecule has 1 rings (SSSR count). The predicted octanol–water partition coefficient (Wildman–Crippen LogP) is -0.269. The van der Waals surface area contributed by atoms with E-state index in [9.17, 15) is 8.42 Å². The van der Waals surface area contributed by atoms with Gasteiger partial charge in [0.25, 0.3) is 10.0 Å². The second kappa shape index (κ2) is 3.40. The fraction of sp³-hybridized carbons (Fsp3) is 0.429. The minimum Gasteiger partial charge on any atom is -0.252 e. The third-order valence-electron chi connectivity index (χ3n) is 1.76. The molecule has 7 heteroatoms. The topological polar surface area (TPSA) is 102 Å². The summed E-state index contributed by atoms with van der Waals surface area (Å²) in [6.07, 6.45) is 0. The van der Waals surface area contributed by atoms with Gasteiger partial charge in [0.05, 0.1) is 5.69 Å². The van der Waals surface area contributed by atoms with Gasteiger partial charge in [-0.05, 0) is 13.8 Å². The minimum atomic E-state index is -3.89. The highest BCUT2D eigenvalue weighted by atomic mass is 32.2. The molecule has 0 aliphatic carbocycles. The van der Waals surface area contributed by atoms with Crippen LogP contribution >= 0.6 is 0 Å². The number of rotatable bonds is 2. The Bertz CT molecular complexity index is 494. The maximum Gasteiger partial charge on any atom is 0.256 e. The summed E-state index contributed by atoms with van der Waals surface area (Å²) in [7, 11) is -3.89. The molecule has 0 aromatic carbocycles. The lowest BCUT2D eigenvalue weighted by atomic mass is 10.3. The molecule has 6 nitrogen and oxygen atoms in total. The number of aromatic nitrogens is 2. The van der Waals surface area contributed by atoms with E-state index < -0.39 is 10.0 Å². The Morgan fingerprint density at radius 1 is 1.64 bits per heavy atom. The summed E-state index contributed by atoms with van der Waals surface area (Å²) < 4.78 is 23.6. The molecule has 0 saturated heterocycles. The van der Waals surface area contributed by atoms with Crippen molar-refractivity contribution in [3.05, 3.63) is 11.3 Å². The van der Waals surface area contributed by atoms with Crippen molar-refractivity contribution in [2.24, 2.45) is 5.14 Å². The maximum atomic E-state index is 11.2. The lowest BCUT2D eigenvalue weighted by Gasteiger charge is -2.00. The molecule has 0 aliphatic rings. The number of aryl methyl sites for hydroxylation is 2. The van der Waals surface area contributed by atoms with Crippen molar-refractivity contribution in [3.8, 4) is 6.07 Å². The van der Waals surface area contributed by atoms with Gasteiger partial charge in [-0.3, -0.25) is 4.68 Å². The molecule has 0 unspecified atom stereocenters. The van der Waals surface area contributed by atoms with Crippen molar-refractivity contribution in [1.29, 1.82) is 5.26 Å². The highest BCUT2D eigenvalue weighted by Gasteiger charge is 2.23. The summed E-state index contributed by atoms with van der Waals surface area (Å²) in [6, 6.07) is 1.78. The normalized spacial score (nSPS) is 11.3. The fourth-order valence-electron chi connectivity index (χ4n) is 1.19. The molecule has 1 aromatic heterocycles. The van der Waals surface area contributed by atoms with Crippen LogP contribution in [0, 0.1) is 18.3 Å². The van der Waals surface area contributed by atoms with E-state index >= 15 is 0 Å². The number of nitrogens with zero attached hydrogens (tertiary/aromatic N) is 3. The summed E-state index contributed by atoms with van der Waals surface area (Å²) in [5.41, 5.74) is 0.396. The number of nitrogens with two attached hydrogens (primary N) is 1. The van der Waals surface area contributed by atoms with Gasteiger partial charge < -0.3 is 0 Å². The van der Waals surface area contributed by atoms with Gasteiger partial charge in [-0.15, -0.1) is 0 Å². The van der Waals surface area contributed by atoms with Crippen LogP contribution in [0.5, 0.6) is 0 Å². The smallest absolute Gasteiger partial charge is 0.252 e. The predicted molar refractivity (Wildman–Crippen MR) is 48.7 cm³/mol. The van der Waals surface area contributed by atoms with Crippen LogP contribution in [0.25, 0.3) is 0 Å². The third kappa shape index (κ3) is 1.62. The first-order valence-electron chi connectivity index (χ1n) is 3.92. The van der Waals surface area contributed by atoms with Crippen LogP contribution in [0.3, 0.4) is 0 Å². The summed E-state index contributed by atoms with van der Waals surface area (Å²) in [6.45, 7) is 3.65. The van der Waals surface area contributed by atoms with Crippen molar-refractivity contribution in [1.82, 2.24) is 9.78 Å². The molecule has 0 saturated carbocycles. The fourth-order valence-corrected chi connectivity index (χ4v) is 2.13. The number of primary sulfonamides is 1. The van der Waals surface area contributed by atoms with Gasteiger partial charge in [0.2, 0.25) is 0 Å². The zero-order valence-corrected chi connectivity index (χ0v) is 8.67. The SMILES string of the molecule is CCn1nc(C)c(C#N)c1S(N)(=O)=O. The highest BCUT2D eigenvalue weighted by Crippen LogP contribution is 2.16. The second-order valence-electron chi connectivity index (χ2n) is 2.74. The molecule has 0 fully saturated rings. The first-order valence-corrected chi connectivity index (χ1v) is 5.46. The van der Waals surface area contributed by atoms with Crippen molar-refractivity contribution < 1.29 is 8.42 Å². The van der Waals surface area contributed by atoms with Crippen LogP contribution < -0.4 is 5.14 Å². The Kier molecular flexibility index (Phi) is 2.59. The number of sulfonamides is 1. The van der Waals surface area contributed by atoms with E-state index in [2.05, 4.69) is 5.10 Å². The molecule has 0 aliphatic heterocycles. The van der Waals surface area contributed by atoms with E-state index in [-0.39, 0.29) is 10.6 Å². The molecule has 0 amide bonds. The summed E-state index contributed by atoms with van der Waals surface area (Å²) in [5, 5.41) is 17.4. The first kappa shape index (κ1) is 10.7. The van der Waals surface area contributed by atoms with Crippen molar-refractivity contribution in [2.45, 2.75) is 25.4 Å². The van der Waals surface area contributed by atoms with Gasteiger partial charge in [0, 0.05) is 6.54 Å². The van der Waals surface area contributed by atoms with Crippen LogP contribution in [0.15, 0.2) is 5.03 Å². The molecule has 0 bridgehead atoms. The lowest BCUT2D eigenvalue weighted by molar-refractivity contribution is 0.553. The standard InChI is InChI=1S/C7H10N4O2S/c1-3-11-7(14(9,12)13)6(4-8)5(2)10-11/h3H2,1-2H3,(H2,9,12,13). The zero-order valence-electron chi connectivity index (χ0n) is 7.85. The maximum absolute atomic E-state index is 11.2. The average Bonchev–Trinajstić information content (AvgIpc) is 2.40. The Morgan fingerprint density at radius 3 is 2.57 bits per heavy atom. The molecule has 1 heterocycles. The van der Waals surface area contributed by atoms with Crippen LogP contribution in [0.2, 0.25) is 0 Å². The van der Waals surface area contributed by atoms with E-state index in [1.807, 2.05) is 0 Å². The monoisotopic (exact) mass is 214 g/mol. The molecule has 0 spiro atoms. The summed E-state index contributed by atoms with van der Waals surface area (Å²) in [5.74, 6) is 0. The molecule has 1 aromatic rings. The zero-order chi connectivity index (χ0) is 10.9. The Balaban J connectivity index is 3.63. The molecular weight excluding hydrogens is 204 g/mol. The summed E-state index contributed by atoms with van der Waals surface area (Å²) >= 11 is 0. The second-order valence-corrected chi connectivity index (χ2v) is 4.21. The van der Waals surface area contributed by atoms with Gasteiger partial charge in [-0.2, -0.15) is 10.4 Å². The van der Waals surface area contributed by atoms with Gasteiger partial charge in [-0.25, -0.2) is 13.6 Å². The van der Waals surface area contributed by atoms with E-state index in [0.29, 0.717) is 12.2 Å². The number of nitriles is 1. The minimum absolute atomic E-state index is 0.0225. The Hall–Kier alpha value is -1.39. The molecule has 0 atom stereocenters. The largest absolute Gasteiger partial charge is 0.256 e. The van der Waals surface area contributed by atoms with E-state index in [4.69, 9.17) is 10.4 Å². The summed E-state index contributed by atoms with van der Waals surface area (Å²) in [4.78, 5) is 0. The quantitative estimate of drug-likeness (QED) is 0.732. The van der Waals surface area contributed by atoms with Gasteiger partial charge in [0.1, 0.15) is 11.6 Å². The van der Waals surface area contributed by atoms with Crippen molar-refractivity contribution >= 4 is 10.0 Å². The Morgan fingerprint density at radius 2 is 2.21 bits per heavy atom. The van der Waals surface area contributed by atoms with Crippen LogP contribution in [-0.4, -0.2) is 18.2 Å². The molecule has 14 heavy (non-hydrogen) atoms. The van der Waals surface area contributed by atoms with E-state index in [0.717, 1.165) is 0 Å². The van der Waals surface area contributed by atoms with E-state index in [1.165, 1.54) is 4.68 Å². The van der Waals surface area contributed by atoms with Crippen LogP contribution in [-0.2, 0) is 16.6 Å². The number of hydrogen-bond donors (Lipinski definition) is 1. The van der Waals surface area contributed by atoms with Crippen LogP contribution in [0.1, 0.15) is 18.2 Å². The van der Waals surface area contributed by atoms with Crippen molar-refractivity contribution in [2.75, 3.05) is 0 Å². The van der Waals surface area contributed by atoms with Gasteiger partial charge >= 0.3 is 0 Å². The van der Waals surface area contributed by atoms with Crippen LogP contribution in [0.4, 0.5) is 0 Å². The lowest BCUT2D eigenvalue weighted by Crippen LogP contribution is -2.18. The molecule has 0 radical (unpaired) electrons. The molecule has 76 valence electrons. The van der Waals surface area contributed by atoms with Gasteiger partial charge in [0.15, 0.2) is 5.03 Å². The molecular formula is C7H10N4O2S. The third-order valence-corrected chi connectivity index (χ3v) is 2.72. The Labute approximate surface area is 82.0 Å².